The number of benzene rings is 3. The van der Waals surface area contributed by atoms with E-state index in [1.807, 2.05) is 18.2 Å². The van der Waals surface area contributed by atoms with E-state index in [0.717, 1.165) is 24.0 Å². The molecule has 0 amide bonds. The molecule has 0 unspecified atom stereocenters. The van der Waals surface area contributed by atoms with Gasteiger partial charge in [-0.3, -0.25) is 0 Å². The Kier molecular flexibility index (Phi) is 5.35. The number of hydrogen-bond acceptors (Lipinski definition) is 1. The number of phenols is 1. The van der Waals surface area contributed by atoms with Crippen LogP contribution in [0.5, 0.6) is 5.75 Å². The van der Waals surface area contributed by atoms with Gasteiger partial charge in [0.15, 0.2) is 0 Å². The lowest BCUT2D eigenvalue weighted by Crippen LogP contribution is -1.91. The molecule has 3 aromatic rings. The average molecular weight is 328 g/mol. The van der Waals surface area contributed by atoms with Crippen molar-refractivity contribution < 1.29 is 5.11 Å². The molecule has 0 saturated carbocycles. The van der Waals surface area contributed by atoms with E-state index in [-0.39, 0.29) is 0 Å². The summed E-state index contributed by atoms with van der Waals surface area (Å²) in [6, 6.07) is 23.1. The second kappa shape index (κ2) is 7.85. The van der Waals surface area contributed by atoms with E-state index in [1.165, 1.54) is 22.3 Å². The molecule has 3 rings (SSSR count). The van der Waals surface area contributed by atoms with Gasteiger partial charge in [-0.05, 0) is 58.4 Å². The van der Waals surface area contributed by atoms with E-state index >= 15 is 0 Å². The Bertz CT molecular complexity index is 833. The number of hydrogen-bond donors (Lipinski definition) is 1. The van der Waals surface area contributed by atoms with E-state index in [2.05, 4.69) is 74.5 Å². The fourth-order valence-electron chi connectivity index (χ4n) is 3.01. The zero-order valence-corrected chi connectivity index (χ0v) is 14.9. The van der Waals surface area contributed by atoms with Crippen LogP contribution < -0.4 is 0 Å². The SMILES string of the molecule is CCc1cc(-c2ccc(/C=C/c3ccccc3)cc2)cc(CC)c1O. The zero-order valence-electron chi connectivity index (χ0n) is 14.9. The first-order valence-electron chi connectivity index (χ1n) is 8.89. The van der Waals surface area contributed by atoms with Gasteiger partial charge < -0.3 is 5.11 Å². The molecule has 0 radical (unpaired) electrons. The number of aryl methyl sites for hydroxylation is 2. The van der Waals surface area contributed by atoms with E-state index in [9.17, 15) is 5.11 Å². The summed E-state index contributed by atoms with van der Waals surface area (Å²) in [5.74, 6) is 0.455. The lowest BCUT2D eigenvalue weighted by atomic mass is 9.96. The number of phenolic OH excluding ortho intramolecular Hbond substituents is 1. The molecule has 0 aromatic heterocycles. The normalized spacial score (nSPS) is 11.1. The molecular weight excluding hydrogens is 304 g/mol. The minimum absolute atomic E-state index is 0.455. The van der Waals surface area contributed by atoms with Crippen molar-refractivity contribution in [3.8, 4) is 16.9 Å². The van der Waals surface area contributed by atoms with Crippen LogP contribution in [0.25, 0.3) is 23.3 Å². The van der Waals surface area contributed by atoms with Crippen molar-refractivity contribution in [2.24, 2.45) is 0 Å². The average Bonchev–Trinajstić information content (AvgIpc) is 2.68. The first-order valence-corrected chi connectivity index (χ1v) is 8.89. The highest BCUT2D eigenvalue weighted by Crippen LogP contribution is 2.31. The Morgan fingerprint density at radius 1 is 0.680 bits per heavy atom. The Morgan fingerprint density at radius 3 is 1.72 bits per heavy atom. The summed E-state index contributed by atoms with van der Waals surface area (Å²) in [5, 5.41) is 10.3. The van der Waals surface area contributed by atoms with Crippen LogP contribution in [0.4, 0.5) is 0 Å². The fraction of sp³-hybridized carbons (Fsp3) is 0.167. The van der Waals surface area contributed by atoms with Crippen LogP contribution in [0.2, 0.25) is 0 Å². The maximum atomic E-state index is 10.3. The Morgan fingerprint density at radius 2 is 1.20 bits per heavy atom. The Labute approximate surface area is 150 Å². The predicted molar refractivity (Wildman–Crippen MR) is 108 cm³/mol. The maximum Gasteiger partial charge on any atom is 0.121 e. The highest BCUT2D eigenvalue weighted by Gasteiger charge is 2.08. The first kappa shape index (κ1) is 17.0. The molecule has 1 N–H and O–H groups in total. The van der Waals surface area contributed by atoms with E-state index in [0.29, 0.717) is 5.75 Å². The summed E-state index contributed by atoms with van der Waals surface area (Å²) in [6.07, 6.45) is 5.93. The third-order valence-electron chi connectivity index (χ3n) is 4.54. The summed E-state index contributed by atoms with van der Waals surface area (Å²) in [5.41, 5.74) is 6.76. The number of aromatic hydroxyl groups is 1. The van der Waals surface area contributed by atoms with Crippen LogP contribution in [-0.2, 0) is 12.8 Å². The molecule has 0 atom stereocenters. The van der Waals surface area contributed by atoms with E-state index < -0.39 is 0 Å². The van der Waals surface area contributed by atoms with Crippen molar-refractivity contribution >= 4 is 12.2 Å². The monoisotopic (exact) mass is 328 g/mol. The summed E-state index contributed by atoms with van der Waals surface area (Å²) in [7, 11) is 0. The second-order valence-corrected chi connectivity index (χ2v) is 6.22. The third kappa shape index (κ3) is 4.00. The summed E-state index contributed by atoms with van der Waals surface area (Å²) < 4.78 is 0. The molecule has 0 aliphatic rings. The highest BCUT2D eigenvalue weighted by molar-refractivity contribution is 5.73. The maximum absolute atomic E-state index is 10.3. The van der Waals surface area contributed by atoms with Gasteiger partial charge in [0.05, 0.1) is 0 Å². The quantitative estimate of drug-likeness (QED) is 0.541. The number of rotatable bonds is 5. The van der Waals surface area contributed by atoms with Gasteiger partial charge >= 0.3 is 0 Å². The van der Waals surface area contributed by atoms with Crippen LogP contribution in [0.1, 0.15) is 36.1 Å². The Hall–Kier alpha value is -2.80. The molecule has 0 bridgehead atoms. The van der Waals surface area contributed by atoms with Gasteiger partial charge in [0.25, 0.3) is 0 Å². The minimum Gasteiger partial charge on any atom is -0.507 e. The van der Waals surface area contributed by atoms with E-state index in [1.54, 1.807) is 0 Å². The molecule has 0 aliphatic carbocycles. The molecule has 126 valence electrons. The van der Waals surface area contributed by atoms with Crippen molar-refractivity contribution in [2.45, 2.75) is 26.7 Å². The van der Waals surface area contributed by atoms with Crippen LogP contribution in [0.15, 0.2) is 66.7 Å². The lowest BCUT2D eigenvalue weighted by Gasteiger charge is -2.11. The molecule has 3 aromatic carbocycles. The first-order chi connectivity index (χ1) is 12.2. The summed E-state index contributed by atoms with van der Waals surface area (Å²) in [6.45, 7) is 4.16. The van der Waals surface area contributed by atoms with Gasteiger partial charge in [0.2, 0.25) is 0 Å². The van der Waals surface area contributed by atoms with Crippen LogP contribution in [-0.4, -0.2) is 5.11 Å². The van der Waals surface area contributed by atoms with Gasteiger partial charge in [0.1, 0.15) is 5.75 Å². The highest BCUT2D eigenvalue weighted by atomic mass is 16.3. The summed E-state index contributed by atoms with van der Waals surface area (Å²) in [4.78, 5) is 0. The van der Waals surface area contributed by atoms with Crippen molar-refractivity contribution in [3.05, 3.63) is 89.0 Å². The van der Waals surface area contributed by atoms with Crippen LogP contribution in [0, 0.1) is 0 Å². The summed E-state index contributed by atoms with van der Waals surface area (Å²) >= 11 is 0. The molecule has 0 spiro atoms. The fourth-order valence-corrected chi connectivity index (χ4v) is 3.01. The molecule has 0 fully saturated rings. The van der Waals surface area contributed by atoms with Gasteiger partial charge in [-0.2, -0.15) is 0 Å². The molecule has 0 heterocycles. The predicted octanol–water partition coefficient (Wildman–Crippen LogP) is 6.35. The third-order valence-corrected chi connectivity index (χ3v) is 4.54. The second-order valence-electron chi connectivity index (χ2n) is 6.22. The topological polar surface area (TPSA) is 20.2 Å². The minimum atomic E-state index is 0.455. The Balaban J connectivity index is 1.86. The van der Waals surface area contributed by atoms with Crippen molar-refractivity contribution in [1.82, 2.24) is 0 Å². The molecule has 0 saturated heterocycles. The van der Waals surface area contributed by atoms with Crippen molar-refractivity contribution in [3.63, 3.8) is 0 Å². The molecule has 0 aliphatic heterocycles. The van der Waals surface area contributed by atoms with Gasteiger partial charge in [0, 0.05) is 0 Å². The zero-order chi connectivity index (χ0) is 17.6. The standard InChI is InChI=1S/C24H24O/c1-3-20-16-23(17-21(4-2)24(20)25)22-14-12-19(13-15-22)11-10-18-8-6-5-7-9-18/h5-17,25H,3-4H2,1-2H3/b11-10+. The molecular formula is C24H24O. The van der Waals surface area contributed by atoms with E-state index in [4.69, 9.17) is 0 Å². The van der Waals surface area contributed by atoms with Gasteiger partial charge in [-0.1, -0.05) is 80.6 Å². The van der Waals surface area contributed by atoms with Crippen molar-refractivity contribution in [2.75, 3.05) is 0 Å². The van der Waals surface area contributed by atoms with Crippen molar-refractivity contribution in [1.29, 1.82) is 0 Å². The lowest BCUT2D eigenvalue weighted by molar-refractivity contribution is 0.462. The molecule has 1 heteroatoms. The van der Waals surface area contributed by atoms with Gasteiger partial charge in [-0.25, -0.2) is 0 Å². The van der Waals surface area contributed by atoms with Crippen LogP contribution >= 0.6 is 0 Å². The van der Waals surface area contributed by atoms with Gasteiger partial charge in [-0.15, -0.1) is 0 Å². The smallest absolute Gasteiger partial charge is 0.121 e. The van der Waals surface area contributed by atoms with Crippen LogP contribution in [0.3, 0.4) is 0 Å². The molecule has 25 heavy (non-hydrogen) atoms. The largest absolute Gasteiger partial charge is 0.507 e. The molecule has 1 nitrogen and oxygen atoms in total.